The van der Waals surface area contributed by atoms with Gasteiger partial charge in [-0.2, -0.15) is 0 Å². The molecule has 2 amide bonds. The summed E-state index contributed by atoms with van der Waals surface area (Å²) >= 11 is 0. The van der Waals surface area contributed by atoms with E-state index in [0.717, 1.165) is 32.5 Å². The molecule has 126 valence electrons. The highest BCUT2D eigenvalue weighted by Gasteiger charge is 2.34. The molecule has 0 aromatic rings. The lowest BCUT2D eigenvalue weighted by Gasteiger charge is -2.38. The fraction of sp³-hybridized carbons (Fsp3) is 0.882. The van der Waals surface area contributed by atoms with E-state index in [1.165, 1.54) is 25.7 Å². The smallest absolute Gasteiger partial charge is 0.237 e. The van der Waals surface area contributed by atoms with Gasteiger partial charge in [0.05, 0.1) is 12.5 Å². The molecule has 2 fully saturated rings. The van der Waals surface area contributed by atoms with E-state index in [-0.39, 0.29) is 17.9 Å². The van der Waals surface area contributed by atoms with Gasteiger partial charge >= 0.3 is 0 Å². The second-order valence-electron chi connectivity index (χ2n) is 6.84. The second kappa shape index (κ2) is 8.51. The minimum Gasteiger partial charge on any atom is -0.353 e. The van der Waals surface area contributed by atoms with Crippen molar-refractivity contribution in [2.75, 3.05) is 26.2 Å². The van der Waals surface area contributed by atoms with Crippen molar-refractivity contribution in [3.05, 3.63) is 0 Å². The minimum atomic E-state index is -0.297. The van der Waals surface area contributed by atoms with E-state index >= 15 is 0 Å². The van der Waals surface area contributed by atoms with E-state index in [9.17, 15) is 9.59 Å². The molecule has 2 heterocycles. The van der Waals surface area contributed by atoms with Gasteiger partial charge in [0.25, 0.3) is 0 Å². The van der Waals surface area contributed by atoms with Gasteiger partial charge < -0.3 is 10.2 Å². The molecule has 0 radical (unpaired) electrons. The summed E-state index contributed by atoms with van der Waals surface area (Å²) in [6.07, 6.45) is 7.51. The average Bonchev–Trinajstić information content (AvgIpc) is 2.62. The third-order valence-corrected chi connectivity index (χ3v) is 4.86. The fourth-order valence-corrected chi connectivity index (χ4v) is 3.53. The van der Waals surface area contributed by atoms with Crippen molar-refractivity contribution in [1.82, 2.24) is 15.1 Å². The van der Waals surface area contributed by atoms with Crippen molar-refractivity contribution < 1.29 is 9.59 Å². The number of piperazine rings is 1. The van der Waals surface area contributed by atoms with E-state index < -0.39 is 0 Å². The number of hydrogen-bond acceptors (Lipinski definition) is 3. The lowest BCUT2D eigenvalue weighted by atomic mass is 10.1. The average molecular weight is 309 g/mol. The van der Waals surface area contributed by atoms with Gasteiger partial charge in [0.15, 0.2) is 0 Å². The molecule has 5 heteroatoms. The Bertz CT molecular complexity index is 374. The van der Waals surface area contributed by atoms with Gasteiger partial charge in [-0.3, -0.25) is 14.5 Å². The van der Waals surface area contributed by atoms with Crippen LogP contribution in [-0.2, 0) is 9.59 Å². The van der Waals surface area contributed by atoms with Gasteiger partial charge in [-0.05, 0) is 26.7 Å². The Morgan fingerprint density at radius 1 is 1.09 bits per heavy atom. The number of hydrogen-bond donors (Lipinski definition) is 1. The molecule has 0 unspecified atom stereocenters. The SMILES string of the molecule is CC(C)N1CCNC(=O)[C@@H]1CC(=O)N1CCCCCCCC1. The summed E-state index contributed by atoms with van der Waals surface area (Å²) in [4.78, 5) is 29.0. The van der Waals surface area contributed by atoms with Crippen molar-refractivity contribution in [3.8, 4) is 0 Å². The summed E-state index contributed by atoms with van der Waals surface area (Å²) in [5.74, 6) is 0.159. The van der Waals surface area contributed by atoms with E-state index in [2.05, 4.69) is 24.1 Å². The maximum atomic E-state index is 12.7. The normalized spacial score (nSPS) is 25.3. The number of rotatable bonds is 3. The topological polar surface area (TPSA) is 52.7 Å². The standard InChI is InChI=1S/C17H31N3O2/c1-14(2)20-12-9-18-17(22)15(20)13-16(21)19-10-7-5-3-4-6-8-11-19/h14-15H,3-13H2,1-2H3,(H,18,22)/t15-/m0/s1. The molecule has 2 aliphatic heterocycles. The molecule has 1 N–H and O–H groups in total. The zero-order chi connectivity index (χ0) is 15.9. The maximum Gasteiger partial charge on any atom is 0.237 e. The van der Waals surface area contributed by atoms with Crippen LogP contribution in [0.25, 0.3) is 0 Å². The Morgan fingerprint density at radius 3 is 2.27 bits per heavy atom. The molecular weight excluding hydrogens is 278 g/mol. The molecule has 22 heavy (non-hydrogen) atoms. The zero-order valence-corrected chi connectivity index (χ0v) is 14.1. The van der Waals surface area contributed by atoms with Crippen LogP contribution >= 0.6 is 0 Å². The van der Waals surface area contributed by atoms with E-state index in [1.54, 1.807) is 0 Å². The van der Waals surface area contributed by atoms with Crippen molar-refractivity contribution in [3.63, 3.8) is 0 Å². The molecule has 0 spiro atoms. The largest absolute Gasteiger partial charge is 0.353 e. The summed E-state index contributed by atoms with van der Waals surface area (Å²) in [5, 5.41) is 2.91. The first-order chi connectivity index (χ1) is 10.6. The summed E-state index contributed by atoms with van der Waals surface area (Å²) in [6.45, 7) is 7.42. The van der Waals surface area contributed by atoms with E-state index in [0.29, 0.717) is 19.0 Å². The van der Waals surface area contributed by atoms with Crippen LogP contribution in [0, 0.1) is 0 Å². The number of carbonyl (C=O) groups is 2. The van der Waals surface area contributed by atoms with Gasteiger partial charge in [-0.25, -0.2) is 0 Å². The van der Waals surface area contributed by atoms with Crippen LogP contribution < -0.4 is 5.32 Å². The Hall–Kier alpha value is -1.10. The number of carbonyl (C=O) groups excluding carboxylic acids is 2. The number of amides is 2. The predicted octanol–water partition coefficient (Wildman–Crippen LogP) is 1.77. The monoisotopic (exact) mass is 309 g/mol. The van der Waals surface area contributed by atoms with Gasteiger partial charge in [-0.1, -0.05) is 25.7 Å². The molecule has 0 aliphatic carbocycles. The molecular formula is C17H31N3O2. The van der Waals surface area contributed by atoms with Crippen LogP contribution in [0.15, 0.2) is 0 Å². The first-order valence-corrected chi connectivity index (χ1v) is 8.91. The Labute approximate surface area is 134 Å². The van der Waals surface area contributed by atoms with Crippen LogP contribution in [0.1, 0.15) is 58.8 Å². The molecule has 2 saturated heterocycles. The molecule has 0 aromatic carbocycles. The lowest BCUT2D eigenvalue weighted by molar-refractivity contribution is -0.139. The van der Waals surface area contributed by atoms with Crippen molar-refractivity contribution in [2.45, 2.75) is 70.9 Å². The molecule has 2 rings (SSSR count). The van der Waals surface area contributed by atoms with Gasteiger partial charge in [-0.15, -0.1) is 0 Å². The highest BCUT2D eigenvalue weighted by Crippen LogP contribution is 2.16. The first kappa shape index (κ1) is 17.3. The molecule has 0 aromatic heterocycles. The number of nitrogens with one attached hydrogen (secondary N) is 1. The second-order valence-corrected chi connectivity index (χ2v) is 6.84. The van der Waals surface area contributed by atoms with Crippen LogP contribution in [0.4, 0.5) is 0 Å². The summed E-state index contributed by atoms with van der Waals surface area (Å²) in [7, 11) is 0. The highest BCUT2D eigenvalue weighted by molar-refractivity contribution is 5.88. The van der Waals surface area contributed by atoms with Crippen molar-refractivity contribution in [2.24, 2.45) is 0 Å². The van der Waals surface area contributed by atoms with Crippen molar-refractivity contribution >= 4 is 11.8 Å². The highest BCUT2D eigenvalue weighted by atomic mass is 16.2. The summed E-state index contributed by atoms with van der Waals surface area (Å²) in [5.41, 5.74) is 0. The Kier molecular flexibility index (Phi) is 6.68. The third kappa shape index (κ3) is 4.70. The summed E-state index contributed by atoms with van der Waals surface area (Å²) in [6, 6.07) is -0.00624. The predicted molar refractivity (Wildman–Crippen MR) is 87.5 cm³/mol. The fourth-order valence-electron chi connectivity index (χ4n) is 3.53. The van der Waals surface area contributed by atoms with Gasteiger partial charge in [0.1, 0.15) is 0 Å². The summed E-state index contributed by atoms with van der Waals surface area (Å²) < 4.78 is 0. The Balaban J connectivity index is 1.96. The minimum absolute atomic E-state index is 0.0116. The molecule has 1 atom stereocenters. The van der Waals surface area contributed by atoms with Gasteiger partial charge in [0, 0.05) is 32.2 Å². The molecule has 5 nitrogen and oxygen atoms in total. The van der Waals surface area contributed by atoms with Crippen LogP contribution in [0.5, 0.6) is 0 Å². The van der Waals surface area contributed by atoms with Crippen LogP contribution in [-0.4, -0.2) is 59.9 Å². The molecule has 2 aliphatic rings. The van der Waals surface area contributed by atoms with E-state index in [1.807, 2.05) is 4.90 Å². The van der Waals surface area contributed by atoms with Crippen LogP contribution in [0.3, 0.4) is 0 Å². The van der Waals surface area contributed by atoms with Crippen LogP contribution in [0.2, 0.25) is 0 Å². The molecule has 0 saturated carbocycles. The zero-order valence-electron chi connectivity index (χ0n) is 14.1. The maximum absolute atomic E-state index is 12.7. The quantitative estimate of drug-likeness (QED) is 0.864. The number of nitrogens with zero attached hydrogens (tertiary/aromatic N) is 2. The lowest BCUT2D eigenvalue weighted by Crippen LogP contribution is -2.58. The molecule has 0 bridgehead atoms. The van der Waals surface area contributed by atoms with Crippen molar-refractivity contribution in [1.29, 1.82) is 0 Å². The first-order valence-electron chi connectivity index (χ1n) is 8.91. The third-order valence-electron chi connectivity index (χ3n) is 4.86. The van der Waals surface area contributed by atoms with E-state index in [4.69, 9.17) is 0 Å². The van der Waals surface area contributed by atoms with Gasteiger partial charge in [0.2, 0.25) is 11.8 Å². The Morgan fingerprint density at radius 2 is 1.68 bits per heavy atom.